The molecule has 0 aliphatic rings. The molecule has 98 valence electrons. The molecule has 1 aromatic heterocycles. The van der Waals surface area contributed by atoms with Gasteiger partial charge in [0.1, 0.15) is 9.84 Å². The number of H-pyrrole nitrogens is 2. The molecule has 1 heterocycles. The summed E-state index contributed by atoms with van der Waals surface area (Å²) in [4.78, 5) is 16.4. The van der Waals surface area contributed by atoms with Gasteiger partial charge in [-0.15, -0.1) is 11.6 Å². The zero-order chi connectivity index (χ0) is 13.5. The van der Waals surface area contributed by atoms with Gasteiger partial charge in [-0.05, 0) is 17.7 Å². The number of rotatable bonds is 3. The van der Waals surface area contributed by atoms with E-state index in [1.165, 1.54) is 0 Å². The van der Waals surface area contributed by atoms with Gasteiger partial charge in [0.25, 0.3) is 0 Å². The van der Waals surface area contributed by atoms with E-state index in [9.17, 15) is 13.2 Å². The number of alkyl halides is 1. The average Bonchev–Trinajstić information content (AvgIpc) is 2.53. The number of aromatic nitrogens is 2. The summed E-state index contributed by atoms with van der Waals surface area (Å²) < 4.78 is 23.1. The SMILES string of the molecule is CS(=O)(=O)CC(Cl)c1cc2[nH]c(=O)[nH]c2cc1Br. The number of fused-ring (bicyclic) bond motifs is 1. The summed E-state index contributed by atoms with van der Waals surface area (Å²) in [5.74, 6) is -0.159. The van der Waals surface area contributed by atoms with Crippen LogP contribution in [0.5, 0.6) is 0 Å². The molecule has 5 nitrogen and oxygen atoms in total. The summed E-state index contributed by atoms with van der Waals surface area (Å²) in [6, 6.07) is 3.36. The Bertz CT molecular complexity index is 750. The third-order valence-corrected chi connectivity index (χ3v) is 4.62. The third-order valence-electron chi connectivity index (χ3n) is 2.42. The van der Waals surface area contributed by atoms with Crippen LogP contribution in [-0.4, -0.2) is 30.4 Å². The molecule has 0 saturated heterocycles. The molecule has 1 unspecified atom stereocenters. The van der Waals surface area contributed by atoms with Crippen LogP contribution in [-0.2, 0) is 9.84 Å². The summed E-state index contributed by atoms with van der Waals surface area (Å²) >= 11 is 9.41. The number of hydrogen-bond acceptors (Lipinski definition) is 3. The summed E-state index contributed by atoms with van der Waals surface area (Å²) in [6.45, 7) is 0. The van der Waals surface area contributed by atoms with Crippen LogP contribution in [0.1, 0.15) is 10.9 Å². The van der Waals surface area contributed by atoms with E-state index < -0.39 is 15.2 Å². The van der Waals surface area contributed by atoms with Crippen LogP contribution >= 0.6 is 27.5 Å². The second-order valence-corrected chi connectivity index (χ2v) is 7.62. The first-order valence-corrected chi connectivity index (χ1v) is 8.28. The lowest BCUT2D eigenvalue weighted by atomic mass is 10.1. The van der Waals surface area contributed by atoms with Crippen LogP contribution in [0.2, 0.25) is 0 Å². The van der Waals surface area contributed by atoms with Crippen LogP contribution < -0.4 is 5.69 Å². The summed E-state index contributed by atoms with van der Waals surface area (Å²) in [5, 5.41) is -0.669. The van der Waals surface area contributed by atoms with Gasteiger partial charge in [-0.25, -0.2) is 13.2 Å². The van der Waals surface area contributed by atoms with E-state index in [2.05, 4.69) is 25.9 Å². The van der Waals surface area contributed by atoms with Gasteiger partial charge in [-0.3, -0.25) is 0 Å². The fraction of sp³-hybridized carbons (Fsp3) is 0.300. The largest absolute Gasteiger partial charge is 0.323 e. The van der Waals surface area contributed by atoms with Gasteiger partial charge < -0.3 is 9.97 Å². The van der Waals surface area contributed by atoms with Gasteiger partial charge in [0.05, 0.1) is 22.2 Å². The molecule has 2 aromatic rings. The highest BCUT2D eigenvalue weighted by atomic mass is 79.9. The lowest BCUT2D eigenvalue weighted by Gasteiger charge is -2.10. The Morgan fingerprint density at radius 2 is 1.89 bits per heavy atom. The van der Waals surface area contributed by atoms with Crippen LogP contribution in [0.3, 0.4) is 0 Å². The predicted octanol–water partition coefficient (Wildman–Crippen LogP) is 1.94. The zero-order valence-corrected chi connectivity index (χ0v) is 12.5. The minimum atomic E-state index is -3.17. The van der Waals surface area contributed by atoms with Crippen LogP contribution in [0, 0.1) is 0 Å². The normalized spacial score (nSPS) is 13.9. The van der Waals surface area contributed by atoms with Crippen molar-refractivity contribution in [2.75, 3.05) is 12.0 Å². The van der Waals surface area contributed by atoms with Crippen molar-refractivity contribution in [1.82, 2.24) is 9.97 Å². The minimum absolute atomic E-state index is 0.159. The molecule has 0 fully saturated rings. The summed E-state index contributed by atoms with van der Waals surface area (Å²) in [7, 11) is -3.17. The Kier molecular flexibility index (Phi) is 3.57. The van der Waals surface area contributed by atoms with Gasteiger partial charge in [0.2, 0.25) is 0 Å². The molecule has 0 radical (unpaired) electrons. The Balaban J connectivity index is 2.50. The van der Waals surface area contributed by atoms with E-state index in [0.29, 0.717) is 21.1 Å². The molecule has 18 heavy (non-hydrogen) atoms. The van der Waals surface area contributed by atoms with Gasteiger partial charge in [-0.2, -0.15) is 0 Å². The minimum Gasteiger partial charge on any atom is -0.306 e. The number of sulfone groups is 1. The Morgan fingerprint density at radius 1 is 1.33 bits per heavy atom. The number of benzene rings is 1. The van der Waals surface area contributed by atoms with Crippen molar-refractivity contribution in [1.29, 1.82) is 0 Å². The van der Waals surface area contributed by atoms with Crippen LogP contribution in [0.4, 0.5) is 0 Å². The first-order valence-electron chi connectivity index (χ1n) is 4.99. The van der Waals surface area contributed by atoms with Crippen molar-refractivity contribution in [3.63, 3.8) is 0 Å². The van der Waals surface area contributed by atoms with Crippen molar-refractivity contribution in [2.45, 2.75) is 5.38 Å². The Labute approximate surface area is 117 Å². The highest BCUT2D eigenvalue weighted by Gasteiger charge is 2.18. The number of hydrogen-bond donors (Lipinski definition) is 2. The molecule has 0 amide bonds. The van der Waals surface area contributed by atoms with Crippen molar-refractivity contribution in [3.05, 3.63) is 32.7 Å². The second-order valence-electron chi connectivity index (χ2n) is 4.06. The fourth-order valence-corrected chi connectivity index (χ4v) is 4.00. The van der Waals surface area contributed by atoms with Crippen molar-refractivity contribution in [3.8, 4) is 0 Å². The average molecular weight is 354 g/mol. The van der Waals surface area contributed by atoms with E-state index in [-0.39, 0.29) is 11.4 Å². The zero-order valence-electron chi connectivity index (χ0n) is 9.33. The maximum atomic E-state index is 11.2. The first-order chi connectivity index (χ1) is 8.26. The molecule has 8 heteroatoms. The monoisotopic (exact) mass is 352 g/mol. The molecular formula is C10H10BrClN2O3S. The molecule has 0 spiro atoms. The van der Waals surface area contributed by atoms with Crippen molar-refractivity contribution >= 4 is 48.4 Å². The van der Waals surface area contributed by atoms with Gasteiger partial charge in [-0.1, -0.05) is 15.9 Å². The second kappa shape index (κ2) is 4.71. The molecule has 2 rings (SSSR count). The number of imidazole rings is 1. The van der Waals surface area contributed by atoms with Crippen molar-refractivity contribution in [2.24, 2.45) is 0 Å². The smallest absolute Gasteiger partial charge is 0.306 e. The van der Waals surface area contributed by atoms with E-state index in [1.807, 2.05) is 0 Å². The Hall–Kier alpha value is -0.790. The lowest BCUT2D eigenvalue weighted by Crippen LogP contribution is -2.09. The highest BCUT2D eigenvalue weighted by Crippen LogP contribution is 2.31. The quantitative estimate of drug-likeness (QED) is 0.827. The van der Waals surface area contributed by atoms with Crippen molar-refractivity contribution < 1.29 is 8.42 Å². The van der Waals surface area contributed by atoms with Crippen LogP contribution in [0.15, 0.2) is 21.4 Å². The van der Waals surface area contributed by atoms with Crippen LogP contribution in [0.25, 0.3) is 11.0 Å². The molecule has 0 saturated carbocycles. The predicted molar refractivity (Wildman–Crippen MR) is 74.9 cm³/mol. The number of halogens is 2. The van der Waals surface area contributed by atoms with E-state index >= 15 is 0 Å². The fourth-order valence-electron chi connectivity index (χ4n) is 1.67. The first kappa shape index (κ1) is 13.6. The number of aromatic amines is 2. The highest BCUT2D eigenvalue weighted by molar-refractivity contribution is 9.10. The Morgan fingerprint density at radius 3 is 2.44 bits per heavy atom. The number of nitrogens with one attached hydrogen (secondary N) is 2. The molecule has 2 N–H and O–H groups in total. The van der Waals surface area contributed by atoms with Gasteiger partial charge in [0, 0.05) is 10.7 Å². The summed E-state index contributed by atoms with van der Waals surface area (Å²) in [5.41, 5.74) is 1.55. The topological polar surface area (TPSA) is 82.8 Å². The van der Waals surface area contributed by atoms with E-state index in [0.717, 1.165) is 6.26 Å². The molecule has 0 aliphatic carbocycles. The maximum Gasteiger partial charge on any atom is 0.323 e. The maximum absolute atomic E-state index is 11.2. The van der Waals surface area contributed by atoms with E-state index in [1.54, 1.807) is 12.1 Å². The lowest BCUT2D eigenvalue weighted by molar-refractivity contribution is 0.600. The third kappa shape index (κ3) is 2.96. The standard InChI is InChI=1S/C10H10BrClN2O3S/c1-18(16,17)4-7(12)5-2-8-9(3-6(5)11)14-10(15)13-8/h2-3,7H,4H2,1H3,(H2,13,14,15). The molecule has 0 bridgehead atoms. The van der Waals surface area contributed by atoms with E-state index in [4.69, 9.17) is 11.6 Å². The van der Waals surface area contributed by atoms with Gasteiger partial charge in [0.15, 0.2) is 0 Å². The molecule has 0 aliphatic heterocycles. The molecular weight excluding hydrogens is 344 g/mol. The molecule has 1 atom stereocenters. The molecule has 1 aromatic carbocycles. The summed E-state index contributed by atoms with van der Waals surface area (Å²) in [6.07, 6.45) is 1.13. The van der Waals surface area contributed by atoms with Gasteiger partial charge >= 0.3 is 5.69 Å².